The molecule has 6 nitrogen and oxygen atoms in total. The van der Waals surface area contributed by atoms with Gasteiger partial charge in [-0.1, -0.05) is 60.7 Å². The lowest BCUT2D eigenvalue weighted by molar-refractivity contribution is 1.07. The number of rotatable bonds is 4. The third kappa shape index (κ3) is 3.27. The van der Waals surface area contributed by atoms with Crippen LogP contribution in [0.15, 0.2) is 122 Å². The van der Waals surface area contributed by atoms with Crippen molar-refractivity contribution >= 4 is 22.3 Å². The van der Waals surface area contributed by atoms with Gasteiger partial charge < -0.3 is 0 Å². The Kier molecular flexibility index (Phi) is 4.67. The molecule has 7 rings (SSSR count). The van der Waals surface area contributed by atoms with Crippen molar-refractivity contribution in [2.24, 2.45) is 0 Å². The number of hydrogen-bond donors (Lipinski definition) is 0. The standard InChI is InChI=1S/C30H20N6/c1-3-9-23(10-4-1)35-27(33-25-13-7-19-31-29(25)35)21-15-17-22(18-16-21)28-34-26-14-8-20-32-30(26)36(28)24-11-5-2-6-12-24/h1-20H. The molecular formula is C30H20N6. The number of aromatic nitrogens is 6. The third-order valence-electron chi connectivity index (χ3n) is 6.26. The van der Waals surface area contributed by atoms with Crippen LogP contribution in [0, 0.1) is 0 Å². The Labute approximate surface area is 207 Å². The summed E-state index contributed by atoms with van der Waals surface area (Å²) in [7, 11) is 0. The Balaban J connectivity index is 1.39. The van der Waals surface area contributed by atoms with Gasteiger partial charge in [0.25, 0.3) is 0 Å². The minimum atomic E-state index is 0.833. The molecule has 0 N–H and O–H groups in total. The van der Waals surface area contributed by atoms with E-state index < -0.39 is 0 Å². The van der Waals surface area contributed by atoms with Gasteiger partial charge in [0, 0.05) is 34.9 Å². The maximum Gasteiger partial charge on any atom is 0.164 e. The molecule has 0 radical (unpaired) electrons. The van der Waals surface area contributed by atoms with Crippen molar-refractivity contribution in [2.45, 2.75) is 0 Å². The van der Waals surface area contributed by atoms with E-state index in [0.717, 1.165) is 56.5 Å². The number of para-hydroxylation sites is 2. The normalized spacial score (nSPS) is 11.3. The fourth-order valence-corrected chi connectivity index (χ4v) is 4.62. The van der Waals surface area contributed by atoms with E-state index in [4.69, 9.17) is 9.97 Å². The molecule has 36 heavy (non-hydrogen) atoms. The summed E-state index contributed by atoms with van der Waals surface area (Å²) in [6, 6.07) is 36.6. The van der Waals surface area contributed by atoms with Crippen molar-refractivity contribution in [1.29, 1.82) is 0 Å². The Hall–Kier alpha value is -5.10. The minimum absolute atomic E-state index is 0.833. The van der Waals surface area contributed by atoms with Crippen molar-refractivity contribution < 1.29 is 0 Å². The number of benzene rings is 3. The zero-order valence-corrected chi connectivity index (χ0v) is 19.2. The molecule has 0 atom stereocenters. The summed E-state index contributed by atoms with van der Waals surface area (Å²) in [5, 5.41) is 0. The number of pyridine rings is 2. The van der Waals surface area contributed by atoms with Crippen LogP contribution in [0.5, 0.6) is 0 Å². The van der Waals surface area contributed by atoms with Crippen LogP contribution in [-0.2, 0) is 0 Å². The van der Waals surface area contributed by atoms with Crippen LogP contribution >= 0.6 is 0 Å². The van der Waals surface area contributed by atoms with Crippen LogP contribution < -0.4 is 0 Å². The van der Waals surface area contributed by atoms with E-state index in [1.807, 2.05) is 60.7 Å². The highest BCUT2D eigenvalue weighted by molar-refractivity contribution is 5.82. The summed E-state index contributed by atoms with van der Waals surface area (Å²) < 4.78 is 4.21. The van der Waals surface area contributed by atoms with Gasteiger partial charge in [-0.25, -0.2) is 19.9 Å². The average molecular weight is 465 g/mol. The maximum atomic E-state index is 4.93. The maximum absolute atomic E-state index is 4.93. The molecule has 170 valence electrons. The van der Waals surface area contributed by atoms with Gasteiger partial charge in [0.2, 0.25) is 0 Å². The van der Waals surface area contributed by atoms with Gasteiger partial charge in [-0.15, -0.1) is 0 Å². The lowest BCUT2D eigenvalue weighted by Gasteiger charge is -2.11. The Bertz CT molecular complexity index is 1680. The second kappa shape index (κ2) is 8.29. The van der Waals surface area contributed by atoms with Crippen molar-refractivity contribution in [3.8, 4) is 34.2 Å². The van der Waals surface area contributed by atoms with Crippen LogP contribution in [0.25, 0.3) is 56.5 Å². The molecule has 0 saturated heterocycles. The van der Waals surface area contributed by atoms with Crippen molar-refractivity contribution in [2.75, 3.05) is 0 Å². The van der Waals surface area contributed by atoms with Crippen LogP contribution in [0.1, 0.15) is 0 Å². The molecular weight excluding hydrogens is 444 g/mol. The molecule has 7 aromatic rings. The monoisotopic (exact) mass is 464 g/mol. The molecule has 0 spiro atoms. The van der Waals surface area contributed by atoms with Gasteiger partial charge in [-0.3, -0.25) is 9.13 Å². The molecule has 0 saturated carbocycles. The second-order valence-electron chi connectivity index (χ2n) is 8.48. The zero-order chi connectivity index (χ0) is 23.9. The topological polar surface area (TPSA) is 61.4 Å². The van der Waals surface area contributed by atoms with Gasteiger partial charge in [-0.05, 0) is 48.5 Å². The van der Waals surface area contributed by atoms with E-state index >= 15 is 0 Å². The third-order valence-corrected chi connectivity index (χ3v) is 6.26. The Morgan fingerprint density at radius 2 is 0.833 bits per heavy atom. The minimum Gasteiger partial charge on any atom is -0.277 e. The molecule has 0 aliphatic heterocycles. The van der Waals surface area contributed by atoms with E-state index in [0.29, 0.717) is 0 Å². The van der Waals surface area contributed by atoms with Gasteiger partial charge >= 0.3 is 0 Å². The predicted octanol–water partition coefficient (Wildman–Crippen LogP) is 6.49. The molecule has 0 aliphatic rings. The van der Waals surface area contributed by atoms with E-state index in [1.54, 1.807) is 12.4 Å². The molecule has 0 amide bonds. The van der Waals surface area contributed by atoms with E-state index in [2.05, 4.69) is 67.6 Å². The van der Waals surface area contributed by atoms with E-state index in [9.17, 15) is 0 Å². The lowest BCUT2D eigenvalue weighted by atomic mass is 10.1. The Morgan fingerprint density at radius 1 is 0.417 bits per heavy atom. The van der Waals surface area contributed by atoms with Crippen molar-refractivity contribution in [3.63, 3.8) is 0 Å². The average Bonchev–Trinajstić information content (AvgIpc) is 3.53. The smallest absolute Gasteiger partial charge is 0.164 e. The summed E-state index contributed by atoms with van der Waals surface area (Å²) in [5.74, 6) is 1.69. The predicted molar refractivity (Wildman–Crippen MR) is 142 cm³/mol. The number of fused-ring (bicyclic) bond motifs is 2. The highest BCUT2D eigenvalue weighted by Gasteiger charge is 2.18. The molecule has 0 unspecified atom stereocenters. The van der Waals surface area contributed by atoms with Gasteiger partial charge in [0.1, 0.15) is 22.7 Å². The van der Waals surface area contributed by atoms with Gasteiger partial charge in [0.05, 0.1) is 0 Å². The summed E-state index contributed by atoms with van der Waals surface area (Å²) in [4.78, 5) is 19.1. The molecule has 0 bridgehead atoms. The largest absolute Gasteiger partial charge is 0.277 e. The fourth-order valence-electron chi connectivity index (χ4n) is 4.62. The van der Waals surface area contributed by atoms with Gasteiger partial charge in [0.15, 0.2) is 11.3 Å². The first-order chi connectivity index (χ1) is 17.9. The summed E-state index contributed by atoms with van der Waals surface area (Å²) in [6.07, 6.45) is 3.61. The van der Waals surface area contributed by atoms with Crippen LogP contribution in [0.3, 0.4) is 0 Å². The van der Waals surface area contributed by atoms with E-state index in [1.165, 1.54) is 0 Å². The fraction of sp³-hybridized carbons (Fsp3) is 0. The first kappa shape index (κ1) is 20.3. The highest BCUT2D eigenvalue weighted by Crippen LogP contribution is 2.31. The lowest BCUT2D eigenvalue weighted by Crippen LogP contribution is -1.99. The van der Waals surface area contributed by atoms with Crippen molar-refractivity contribution in [1.82, 2.24) is 29.1 Å². The summed E-state index contributed by atoms with van der Waals surface area (Å²) in [6.45, 7) is 0. The molecule has 4 heterocycles. The highest BCUT2D eigenvalue weighted by atomic mass is 15.1. The Morgan fingerprint density at radius 3 is 1.25 bits per heavy atom. The first-order valence-corrected chi connectivity index (χ1v) is 11.8. The SMILES string of the molecule is c1ccc(-n2c(-c3ccc(-c4nc5cccnc5n4-c4ccccc4)cc3)nc3cccnc32)cc1. The van der Waals surface area contributed by atoms with E-state index in [-0.39, 0.29) is 0 Å². The molecule has 6 heteroatoms. The molecule has 0 fully saturated rings. The molecule has 3 aromatic carbocycles. The van der Waals surface area contributed by atoms with Crippen molar-refractivity contribution in [3.05, 3.63) is 122 Å². The molecule has 0 aliphatic carbocycles. The number of imidazole rings is 2. The second-order valence-corrected chi connectivity index (χ2v) is 8.48. The van der Waals surface area contributed by atoms with Crippen LogP contribution in [0.2, 0.25) is 0 Å². The quantitative estimate of drug-likeness (QED) is 0.299. The van der Waals surface area contributed by atoms with Gasteiger partial charge in [-0.2, -0.15) is 0 Å². The van der Waals surface area contributed by atoms with Crippen LogP contribution in [-0.4, -0.2) is 29.1 Å². The zero-order valence-electron chi connectivity index (χ0n) is 19.2. The molecule has 4 aromatic heterocycles. The number of nitrogens with zero attached hydrogens (tertiary/aromatic N) is 6. The number of hydrogen-bond acceptors (Lipinski definition) is 4. The summed E-state index contributed by atoms with van der Waals surface area (Å²) >= 11 is 0. The van der Waals surface area contributed by atoms with Crippen LogP contribution in [0.4, 0.5) is 0 Å². The summed E-state index contributed by atoms with van der Waals surface area (Å²) in [5.41, 5.74) is 7.43. The first-order valence-electron chi connectivity index (χ1n) is 11.8.